The third kappa shape index (κ3) is 3.31. The smallest absolute Gasteiger partial charge is 0.0946 e. The van der Waals surface area contributed by atoms with Gasteiger partial charge in [0.25, 0.3) is 0 Å². The minimum atomic E-state index is -0.458. The number of aromatic nitrogens is 2. The molecular formula is C33H35N3O. The Morgan fingerprint density at radius 3 is 2.08 bits per heavy atom. The van der Waals surface area contributed by atoms with E-state index in [2.05, 4.69) is 78.4 Å². The Balaban J connectivity index is 1.53. The van der Waals surface area contributed by atoms with Crippen molar-refractivity contribution >= 4 is 27.5 Å². The second kappa shape index (κ2) is 8.26. The Morgan fingerprint density at radius 2 is 1.38 bits per heavy atom. The summed E-state index contributed by atoms with van der Waals surface area (Å²) in [4.78, 5) is 0. The maximum absolute atomic E-state index is 11.2. The first-order valence-corrected chi connectivity index (χ1v) is 13.8. The molecule has 5 aromatic rings. The first-order chi connectivity index (χ1) is 17.9. The van der Waals surface area contributed by atoms with E-state index in [0.717, 1.165) is 54.0 Å². The van der Waals surface area contributed by atoms with E-state index >= 15 is 0 Å². The summed E-state index contributed by atoms with van der Waals surface area (Å²) < 4.78 is 4.73. The van der Waals surface area contributed by atoms with E-state index in [4.69, 9.17) is 5.73 Å². The molecule has 0 saturated heterocycles. The van der Waals surface area contributed by atoms with Crippen molar-refractivity contribution in [3.63, 3.8) is 0 Å². The van der Waals surface area contributed by atoms with Crippen molar-refractivity contribution in [2.45, 2.75) is 71.3 Å². The Bertz CT molecular complexity index is 1700. The number of aliphatic hydroxyl groups excluding tert-OH is 1. The number of nitrogens with two attached hydrogens (primary N) is 1. The molecule has 0 amide bonds. The summed E-state index contributed by atoms with van der Waals surface area (Å²) in [6.07, 6.45) is 5.92. The summed E-state index contributed by atoms with van der Waals surface area (Å²) in [7, 11) is 0. The molecule has 0 fully saturated rings. The molecule has 37 heavy (non-hydrogen) atoms. The average molecular weight is 490 g/mol. The average Bonchev–Trinajstić information content (AvgIpc) is 3.39. The molecule has 4 heteroatoms. The maximum atomic E-state index is 11.2. The van der Waals surface area contributed by atoms with Crippen LogP contribution in [0.1, 0.15) is 78.3 Å². The van der Waals surface area contributed by atoms with Gasteiger partial charge in [-0.1, -0.05) is 30.2 Å². The fraction of sp³-hybridized carbons (Fsp3) is 0.333. The van der Waals surface area contributed by atoms with Gasteiger partial charge < -0.3 is 20.0 Å². The van der Waals surface area contributed by atoms with Crippen LogP contribution in [0, 0.1) is 13.8 Å². The highest BCUT2D eigenvalue weighted by atomic mass is 16.3. The number of nitrogens with zero attached hydrogens (tertiary/aromatic N) is 2. The quantitative estimate of drug-likeness (QED) is 0.251. The molecule has 2 aromatic heterocycles. The monoisotopic (exact) mass is 489 g/mol. The molecule has 2 heterocycles. The van der Waals surface area contributed by atoms with Gasteiger partial charge in [-0.2, -0.15) is 0 Å². The van der Waals surface area contributed by atoms with Crippen LogP contribution < -0.4 is 5.73 Å². The molecule has 2 aliphatic rings. The molecule has 0 radical (unpaired) electrons. The summed E-state index contributed by atoms with van der Waals surface area (Å²) >= 11 is 0. The van der Waals surface area contributed by atoms with Crippen LogP contribution in [0.2, 0.25) is 0 Å². The van der Waals surface area contributed by atoms with Crippen LogP contribution >= 0.6 is 0 Å². The van der Waals surface area contributed by atoms with E-state index in [-0.39, 0.29) is 0 Å². The molecule has 188 valence electrons. The molecular weight excluding hydrogens is 454 g/mol. The van der Waals surface area contributed by atoms with Crippen molar-refractivity contribution in [1.82, 2.24) is 9.13 Å². The van der Waals surface area contributed by atoms with E-state index in [1.54, 1.807) is 0 Å². The minimum absolute atomic E-state index is 0.458. The van der Waals surface area contributed by atoms with Crippen molar-refractivity contribution < 1.29 is 5.11 Å². The number of aryl methyl sites for hydroxylation is 4. The van der Waals surface area contributed by atoms with Crippen LogP contribution in [0.25, 0.3) is 33.2 Å². The molecule has 7 rings (SSSR count). The fourth-order valence-corrected chi connectivity index (χ4v) is 7.11. The number of hydrogen-bond donors (Lipinski definition) is 2. The van der Waals surface area contributed by atoms with Gasteiger partial charge in [-0.3, -0.25) is 0 Å². The van der Waals surface area contributed by atoms with Gasteiger partial charge in [0, 0.05) is 22.2 Å². The van der Waals surface area contributed by atoms with Gasteiger partial charge in [0.15, 0.2) is 0 Å². The summed E-state index contributed by atoms with van der Waals surface area (Å²) in [6.45, 7) is 6.68. The van der Waals surface area contributed by atoms with Gasteiger partial charge in [-0.25, -0.2) is 0 Å². The van der Waals surface area contributed by atoms with E-state index in [1.165, 1.54) is 57.1 Å². The SMILES string of the molecule is Cc1ccc2c(c1)c1c(n2-c2cc(-n3c4c(c5cc(C)ccc53)CCCC4O)ccc2N)C(C)CCC1. The fourth-order valence-electron chi connectivity index (χ4n) is 7.11. The Kier molecular flexibility index (Phi) is 5.06. The topological polar surface area (TPSA) is 56.1 Å². The van der Waals surface area contributed by atoms with E-state index in [1.807, 2.05) is 6.07 Å². The summed E-state index contributed by atoms with van der Waals surface area (Å²) in [5, 5.41) is 13.8. The second-order valence-corrected chi connectivity index (χ2v) is 11.4. The standard InChI is InChI=1S/C33H35N3O/c1-19-10-14-28-26(17-19)24-8-5-9-31(37)33(24)35(28)22-12-13-27(34)30(18-22)36-29-15-11-20(2)16-25(29)23-7-4-6-21(3)32(23)36/h10-18,21,31,37H,4-9,34H2,1-3H3. The minimum Gasteiger partial charge on any atom is -0.397 e. The van der Waals surface area contributed by atoms with Gasteiger partial charge in [-0.05, 0) is 112 Å². The van der Waals surface area contributed by atoms with Gasteiger partial charge in [-0.15, -0.1) is 0 Å². The van der Waals surface area contributed by atoms with Gasteiger partial charge >= 0.3 is 0 Å². The maximum Gasteiger partial charge on any atom is 0.0946 e. The van der Waals surface area contributed by atoms with Crippen LogP contribution in [0.5, 0.6) is 0 Å². The lowest BCUT2D eigenvalue weighted by atomic mass is 9.87. The first-order valence-electron chi connectivity index (χ1n) is 13.8. The van der Waals surface area contributed by atoms with E-state index < -0.39 is 6.10 Å². The number of anilines is 1. The number of benzene rings is 3. The summed E-state index contributed by atoms with van der Waals surface area (Å²) in [5.41, 5.74) is 19.8. The number of nitrogen functional groups attached to an aromatic ring is 1. The van der Waals surface area contributed by atoms with Crippen LogP contribution in [0.15, 0.2) is 54.6 Å². The molecule has 0 saturated carbocycles. The lowest BCUT2D eigenvalue weighted by molar-refractivity contribution is 0.150. The molecule has 2 atom stereocenters. The molecule has 4 nitrogen and oxygen atoms in total. The lowest BCUT2D eigenvalue weighted by Gasteiger charge is -2.25. The largest absolute Gasteiger partial charge is 0.397 e. The Labute approximate surface area is 218 Å². The second-order valence-electron chi connectivity index (χ2n) is 11.4. The van der Waals surface area contributed by atoms with Crippen LogP contribution in [0.3, 0.4) is 0 Å². The zero-order chi connectivity index (χ0) is 25.4. The number of aliphatic hydroxyl groups is 1. The highest BCUT2D eigenvalue weighted by Crippen LogP contribution is 2.43. The van der Waals surface area contributed by atoms with Crippen molar-refractivity contribution in [3.05, 3.63) is 88.2 Å². The van der Waals surface area contributed by atoms with Crippen molar-refractivity contribution in [1.29, 1.82) is 0 Å². The molecule has 3 aromatic carbocycles. The Morgan fingerprint density at radius 1 is 0.757 bits per heavy atom. The molecule has 0 bridgehead atoms. The van der Waals surface area contributed by atoms with E-state index in [0.29, 0.717) is 5.92 Å². The normalized spacial score (nSPS) is 19.4. The van der Waals surface area contributed by atoms with Gasteiger partial charge in [0.05, 0.1) is 34.2 Å². The van der Waals surface area contributed by atoms with E-state index in [9.17, 15) is 5.11 Å². The highest BCUT2D eigenvalue weighted by molar-refractivity contribution is 5.91. The molecule has 2 aliphatic carbocycles. The number of hydrogen-bond acceptors (Lipinski definition) is 2. The van der Waals surface area contributed by atoms with Crippen molar-refractivity contribution in [2.24, 2.45) is 0 Å². The highest BCUT2D eigenvalue weighted by Gasteiger charge is 2.29. The number of rotatable bonds is 2. The van der Waals surface area contributed by atoms with Crippen molar-refractivity contribution in [2.75, 3.05) is 5.73 Å². The van der Waals surface area contributed by atoms with Crippen molar-refractivity contribution in [3.8, 4) is 11.4 Å². The van der Waals surface area contributed by atoms with Crippen LogP contribution in [-0.2, 0) is 12.8 Å². The zero-order valence-electron chi connectivity index (χ0n) is 22.0. The molecule has 3 N–H and O–H groups in total. The Hall–Kier alpha value is -3.50. The zero-order valence-corrected chi connectivity index (χ0v) is 22.0. The first kappa shape index (κ1) is 22.7. The van der Waals surface area contributed by atoms with Crippen LogP contribution in [0.4, 0.5) is 5.69 Å². The molecule has 0 aliphatic heterocycles. The third-order valence-corrected chi connectivity index (χ3v) is 8.80. The summed E-state index contributed by atoms with van der Waals surface area (Å²) in [6, 6.07) is 19.9. The molecule has 0 spiro atoms. The van der Waals surface area contributed by atoms with Gasteiger partial charge in [0.1, 0.15) is 0 Å². The number of fused-ring (bicyclic) bond motifs is 6. The van der Waals surface area contributed by atoms with Crippen LogP contribution in [-0.4, -0.2) is 14.2 Å². The lowest BCUT2D eigenvalue weighted by Crippen LogP contribution is -2.14. The van der Waals surface area contributed by atoms with Gasteiger partial charge in [0.2, 0.25) is 0 Å². The molecule has 2 unspecified atom stereocenters. The third-order valence-electron chi connectivity index (χ3n) is 8.80. The predicted octanol–water partition coefficient (Wildman–Crippen LogP) is 7.58. The predicted molar refractivity (Wildman–Crippen MR) is 153 cm³/mol. The summed E-state index contributed by atoms with van der Waals surface area (Å²) in [5.74, 6) is 0.476.